The Balaban J connectivity index is 3.37. The van der Waals surface area contributed by atoms with Gasteiger partial charge in [-0.15, -0.1) is 0 Å². The zero-order chi connectivity index (χ0) is 8.69. The van der Waals surface area contributed by atoms with Crippen LogP contribution in [0.2, 0.25) is 0 Å². The van der Waals surface area contributed by atoms with Crippen molar-refractivity contribution in [1.82, 2.24) is 0 Å². The average molecular weight is 160 g/mol. The summed E-state index contributed by atoms with van der Waals surface area (Å²) in [7, 11) is 0. The SMILES string of the molecule is CCC(O)CCC(O)C=CO. The summed E-state index contributed by atoms with van der Waals surface area (Å²) in [6, 6.07) is 0. The molecular formula is C8H16O3. The fourth-order valence-electron chi connectivity index (χ4n) is 0.763. The summed E-state index contributed by atoms with van der Waals surface area (Å²) in [6.45, 7) is 1.89. The van der Waals surface area contributed by atoms with Gasteiger partial charge in [-0.2, -0.15) is 0 Å². The van der Waals surface area contributed by atoms with Crippen LogP contribution >= 0.6 is 0 Å². The van der Waals surface area contributed by atoms with Crippen LogP contribution in [0.1, 0.15) is 26.2 Å². The predicted molar refractivity (Wildman–Crippen MR) is 43.3 cm³/mol. The van der Waals surface area contributed by atoms with E-state index >= 15 is 0 Å². The van der Waals surface area contributed by atoms with E-state index in [0.29, 0.717) is 19.3 Å². The van der Waals surface area contributed by atoms with Gasteiger partial charge in [-0.05, 0) is 25.3 Å². The molecule has 0 fully saturated rings. The molecule has 0 aliphatic heterocycles. The Morgan fingerprint density at radius 3 is 2.36 bits per heavy atom. The van der Waals surface area contributed by atoms with Crippen LogP contribution in [0.3, 0.4) is 0 Å². The number of rotatable bonds is 5. The first-order chi connectivity index (χ1) is 5.20. The molecule has 0 bridgehead atoms. The van der Waals surface area contributed by atoms with Crippen LogP contribution < -0.4 is 0 Å². The third kappa shape index (κ3) is 5.88. The minimum atomic E-state index is -0.638. The molecule has 0 heterocycles. The molecule has 0 rings (SSSR count). The summed E-state index contributed by atoms with van der Waals surface area (Å²) in [4.78, 5) is 0. The zero-order valence-corrected chi connectivity index (χ0v) is 6.77. The largest absolute Gasteiger partial charge is 0.516 e. The lowest BCUT2D eigenvalue weighted by molar-refractivity contribution is 0.129. The van der Waals surface area contributed by atoms with Crippen molar-refractivity contribution in [3.63, 3.8) is 0 Å². The Bertz CT molecular complexity index is 112. The first-order valence-corrected chi connectivity index (χ1v) is 3.87. The molecule has 0 radical (unpaired) electrons. The molecule has 0 aromatic carbocycles. The van der Waals surface area contributed by atoms with E-state index in [2.05, 4.69) is 0 Å². The van der Waals surface area contributed by atoms with Gasteiger partial charge in [0.1, 0.15) is 0 Å². The molecule has 0 aliphatic rings. The molecule has 2 unspecified atom stereocenters. The quantitative estimate of drug-likeness (QED) is 0.525. The lowest BCUT2D eigenvalue weighted by Crippen LogP contribution is -2.10. The lowest BCUT2D eigenvalue weighted by Gasteiger charge is -2.08. The van der Waals surface area contributed by atoms with E-state index in [1.165, 1.54) is 6.08 Å². The smallest absolute Gasteiger partial charge is 0.0777 e. The van der Waals surface area contributed by atoms with Gasteiger partial charge in [0, 0.05) is 0 Å². The van der Waals surface area contributed by atoms with Crippen LogP contribution in [0.5, 0.6) is 0 Å². The van der Waals surface area contributed by atoms with Crippen molar-refractivity contribution >= 4 is 0 Å². The zero-order valence-electron chi connectivity index (χ0n) is 6.77. The molecule has 3 nitrogen and oxygen atoms in total. The number of hydrogen-bond donors (Lipinski definition) is 3. The van der Waals surface area contributed by atoms with Crippen LogP contribution in [0.25, 0.3) is 0 Å². The molecule has 0 saturated heterocycles. The standard InChI is InChI=1S/C8H16O3/c1-2-7(10)3-4-8(11)5-6-9/h5-11H,2-4H2,1H3. The highest BCUT2D eigenvalue weighted by Gasteiger charge is 2.04. The van der Waals surface area contributed by atoms with Crippen molar-refractivity contribution < 1.29 is 15.3 Å². The van der Waals surface area contributed by atoms with Crippen LogP contribution in [-0.4, -0.2) is 27.5 Å². The van der Waals surface area contributed by atoms with E-state index in [9.17, 15) is 0 Å². The summed E-state index contributed by atoms with van der Waals surface area (Å²) in [5.41, 5.74) is 0. The highest BCUT2D eigenvalue weighted by molar-refractivity contribution is 4.81. The maximum Gasteiger partial charge on any atom is 0.0777 e. The van der Waals surface area contributed by atoms with Crippen molar-refractivity contribution in [2.24, 2.45) is 0 Å². The minimum Gasteiger partial charge on any atom is -0.516 e. The van der Waals surface area contributed by atoms with Crippen LogP contribution in [0.4, 0.5) is 0 Å². The van der Waals surface area contributed by atoms with Crippen LogP contribution in [-0.2, 0) is 0 Å². The normalized spacial score (nSPS) is 17.0. The van der Waals surface area contributed by atoms with Crippen molar-refractivity contribution in [2.45, 2.75) is 38.4 Å². The van der Waals surface area contributed by atoms with Gasteiger partial charge in [-0.1, -0.05) is 6.92 Å². The Labute approximate surface area is 67.0 Å². The topological polar surface area (TPSA) is 60.7 Å². The van der Waals surface area contributed by atoms with Crippen molar-refractivity contribution in [1.29, 1.82) is 0 Å². The fraction of sp³-hybridized carbons (Fsp3) is 0.750. The molecule has 3 N–H and O–H groups in total. The Hall–Kier alpha value is -0.540. The fourth-order valence-corrected chi connectivity index (χ4v) is 0.763. The van der Waals surface area contributed by atoms with Gasteiger partial charge < -0.3 is 15.3 Å². The van der Waals surface area contributed by atoms with E-state index in [4.69, 9.17) is 15.3 Å². The maximum atomic E-state index is 9.08. The second kappa shape index (κ2) is 6.19. The monoisotopic (exact) mass is 160 g/mol. The minimum absolute atomic E-state index is 0.336. The lowest BCUT2D eigenvalue weighted by atomic mass is 10.1. The maximum absolute atomic E-state index is 9.08. The Morgan fingerprint density at radius 2 is 1.91 bits per heavy atom. The van der Waals surface area contributed by atoms with Gasteiger partial charge in [-0.3, -0.25) is 0 Å². The molecule has 66 valence electrons. The van der Waals surface area contributed by atoms with Gasteiger partial charge in [-0.25, -0.2) is 0 Å². The number of aliphatic hydroxyl groups excluding tert-OH is 3. The van der Waals surface area contributed by atoms with Crippen LogP contribution in [0.15, 0.2) is 12.3 Å². The van der Waals surface area contributed by atoms with E-state index in [0.717, 1.165) is 6.26 Å². The first-order valence-electron chi connectivity index (χ1n) is 3.87. The summed E-state index contributed by atoms with van der Waals surface area (Å²) in [6.07, 6.45) is 2.91. The van der Waals surface area contributed by atoms with Crippen molar-refractivity contribution in [3.05, 3.63) is 12.3 Å². The average Bonchev–Trinajstić information content (AvgIpc) is 2.01. The summed E-state index contributed by atoms with van der Waals surface area (Å²) in [5.74, 6) is 0. The molecule has 0 spiro atoms. The van der Waals surface area contributed by atoms with Gasteiger partial charge in [0.25, 0.3) is 0 Å². The molecule has 2 atom stereocenters. The highest BCUT2D eigenvalue weighted by Crippen LogP contribution is 2.04. The Morgan fingerprint density at radius 1 is 1.27 bits per heavy atom. The second-order valence-corrected chi connectivity index (χ2v) is 2.55. The van der Waals surface area contributed by atoms with Crippen molar-refractivity contribution in [3.8, 4) is 0 Å². The second-order valence-electron chi connectivity index (χ2n) is 2.55. The molecule has 0 amide bonds. The Kier molecular flexibility index (Phi) is 5.88. The van der Waals surface area contributed by atoms with Gasteiger partial charge >= 0.3 is 0 Å². The van der Waals surface area contributed by atoms with Gasteiger partial charge in [0.05, 0.1) is 18.5 Å². The van der Waals surface area contributed by atoms with Crippen LogP contribution in [0, 0.1) is 0 Å². The third-order valence-electron chi connectivity index (χ3n) is 1.58. The number of aliphatic hydroxyl groups is 3. The summed E-state index contributed by atoms with van der Waals surface area (Å²) < 4.78 is 0. The van der Waals surface area contributed by atoms with Gasteiger partial charge in [0.15, 0.2) is 0 Å². The van der Waals surface area contributed by atoms with Crippen molar-refractivity contribution in [2.75, 3.05) is 0 Å². The molecule has 0 aromatic rings. The van der Waals surface area contributed by atoms with E-state index < -0.39 is 6.10 Å². The highest BCUT2D eigenvalue weighted by atomic mass is 16.3. The summed E-state index contributed by atoms with van der Waals surface area (Å²) >= 11 is 0. The predicted octanol–water partition coefficient (Wildman–Crippen LogP) is 0.970. The third-order valence-corrected chi connectivity index (χ3v) is 1.58. The summed E-state index contributed by atoms with van der Waals surface area (Å²) in [5, 5.41) is 26.4. The molecule has 0 aromatic heterocycles. The molecule has 11 heavy (non-hydrogen) atoms. The molecular weight excluding hydrogens is 144 g/mol. The van der Waals surface area contributed by atoms with Gasteiger partial charge in [0.2, 0.25) is 0 Å². The molecule has 0 aliphatic carbocycles. The molecule has 0 saturated carbocycles. The van der Waals surface area contributed by atoms with E-state index in [1.54, 1.807) is 0 Å². The molecule has 3 heteroatoms. The number of hydrogen-bond acceptors (Lipinski definition) is 3. The first kappa shape index (κ1) is 10.5. The van der Waals surface area contributed by atoms with E-state index in [1.807, 2.05) is 6.92 Å². The van der Waals surface area contributed by atoms with E-state index in [-0.39, 0.29) is 6.10 Å².